The minimum atomic E-state index is -0.460. The van der Waals surface area contributed by atoms with Crippen LogP contribution in [0.25, 0.3) is 0 Å². The molecule has 0 saturated heterocycles. The van der Waals surface area contributed by atoms with E-state index in [0.717, 1.165) is 10.4 Å². The Labute approximate surface area is 110 Å². The number of aryl methyl sites for hydroxylation is 1. The molecular weight excluding hydrogens is 249 g/mol. The molecule has 0 aliphatic heterocycles. The molecule has 18 heavy (non-hydrogen) atoms. The maximum Gasteiger partial charge on any atom is 0.256 e. The van der Waals surface area contributed by atoms with E-state index in [1.165, 1.54) is 17.0 Å². The van der Waals surface area contributed by atoms with E-state index in [-0.39, 0.29) is 11.5 Å². The van der Waals surface area contributed by atoms with Crippen LogP contribution in [0.1, 0.15) is 20.8 Å². The average Bonchev–Trinajstić information content (AvgIpc) is 2.81. The zero-order valence-electron chi connectivity index (χ0n) is 10.3. The topological polar surface area (TPSA) is 20.3 Å². The molecule has 0 bridgehead atoms. The Balaban J connectivity index is 2.15. The van der Waals surface area contributed by atoms with Gasteiger partial charge in [0.05, 0.1) is 12.1 Å². The first kappa shape index (κ1) is 12.8. The van der Waals surface area contributed by atoms with Crippen molar-refractivity contribution < 1.29 is 9.18 Å². The zero-order valence-corrected chi connectivity index (χ0v) is 11.1. The molecule has 2 aromatic rings. The van der Waals surface area contributed by atoms with Gasteiger partial charge in [0.15, 0.2) is 0 Å². The SMILES string of the molecule is Cc1ccc(C(=O)N(C)Cc2cccs2)c(F)c1. The summed E-state index contributed by atoms with van der Waals surface area (Å²) in [5.41, 5.74) is 0.935. The minimum absolute atomic E-state index is 0.125. The minimum Gasteiger partial charge on any atom is -0.336 e. The number of halogens is 1. The first-order chi connectivity index (χ1) is 8.58. The third-order valence-electron chi connectivity index (χ3n) is 2.67. The van der Waals surface area contributed by atoms with Gasteiger partial charge in [-0.15, -0.1) is 11.3 Å². The van der Waals surface area contributed by atoms with Crippen LogP contribution in [0.5, 0.6) is 0 Å². The molecule has 0 aliphatic carbocycles. The Hall–Kier alpha value is -1.68. The highest BCUT2D eigenvalue weighted by Gasteiger charge is 2.16. The summed E-state index contributed by atoms with van der Waals surface area (Å²) in [7, 11) is 1.68. The van der Waals surface area contributed by atoms with Crippen LogP contribution in [0.4, 0.5) is 4.39 Å². The Kier molecular flexibility index (Phi) is 3.77. The highest BCUT2D eigenvalue weighted by molar-refractivity contribution is 7.09. The Bertz CT molecular complexity index is 551. The summed E-state index contributed by atoms with van der Waals surface area (Å²) in [6.07, 6.45) is 0. The number of benzene rings is 1. The van der Waals surface area contributed by atoms with E-state index in [2.05, 4.69) is 0 Å². The molecule has 2 rings (SSSR count). The number of amides is 1. The summed E-state index contributed by atoms with van der Waals surface area (Å²) in [5, 5.41) is 1.96. The number of carbonyl (C=O) groups is 1. The van der Waals surface area contributed by atoms with Crippen LogP contribution in [0.2, 0.25) is 0 Å². The maximum absolute atomic E-state index is 13.7. The van der Waals surface area contributed by atoms with Crippen LogP contribution in [-0.4, -0.2) is 17.9 Å². The van der Waals surface area contributed by atoms with Crippen molar-refractivity contribution in [3.8, 4) is 0 Å². The molecule has 1 amide bonds. The molecule has 0 radical (unpaired) electrons. The number of carbonyl (C=O) groups excluding carboxylic acids is 1. The third kappa shape index (κ3) is 2.76. The lowest BCUT2D eigenvalue weighted by Crippen LogP contribution is -2.26. The second-order valence-electron chi connectivity index (χ2n) is 4.22. The van der Waals surface area contributed by atoms with Crippen molar-refractivity contribution in [1.29, 1.82) is 0 Å². The molecule has 94 valence electrons. The summed E-state index contributed by atoms with van der Waals surface area (Å²) >= 11 is 1.58. The molecule has 2 nitrogen and oxygen atoms in total. The largest absolute Gasteiger partial charge is 0.336 e. The lowest BCUT2D eigenvalue weighted by Gasteiger charge is -2.16. The monoisotopic (exact) mass is 263 g/mol. The summed E-state index contributed by atoms with van der Waals surface area (Å²) in [6.45, 7) is 2.30. The molecule has 0 spiro atoms. The normalized spacial score (nSPS) is 10.4. The Morgan fingerprint density at radius 2 is 2.17 bits per heavy atom. The highest BCUT2D eigenvalue weighted by atomic mass is 32.1. The first-order valence-corrected chi connectivity index (χ1v) is 6.50. The van der Waals surface area contributed by atoms with E-state index in [1.807, 2.05) is 17.5 Å². The quantitative estimate of drug-likeness (QED) is 0.830. The average molecular weight is 263 g/mol. The van der Waals surface area contributed by atoms with Crippen LogP contribution < -0.4 is 0 Å². The van der Waals surface area contributed by atoms with Gasteiger partial charge in [0.25, 0.3) is 5.91 Å². The number of thiophene rings is 1. The zero-order chi connectivity index (χ0) is 13.1. The number of hydrogen-bond acceptors (Lipinski definition) is 2. The number of hydrogen-bond donors (Lipinski definition) is 0. The lowest BCUT2D eigenvalue weighted by molar-refractivity contribution is 0.0782. The van der Waals surface area contributed by atoms with E-state index in [0.29, 0.717) is 6.54 Å². The molecule has 0 saturated carbocycles. The predicted molar refractivity (Wildman–Crippen MR) is 71.3 cm³/mol. The fourth-order valence-corrected chi connectivity index (χ4v) is 2.46. The predicted octanol–water partition coefficient (Wildman–Crippen LogP) is 3.47. The van der Waals surface area contributed by atoms with Gasteiger partial charge in [0.1, 0.15) is 5.82 Å². The second-order valence-corrected chi connectivity index (χ2v) is 5.26. The third-order valence-corrected chi connectivity index (χ3v) is 3.54. The van der Waals surface area contributed by atoms with Gasteiger partial charge >= 0.3 is 0 Å². The van der Waals surface area contributed by atoms with Gasteiger partial charge in [-0.1, -0.05) is 12.1 Å². The van der Waals surface area contributed by atoms with Crippen LogP contribution in [0.15, 0.2) is 35.7 Å². The Morgan fingerprint density at radius 1 is 1.39 bits per heavy atom. The van der Waals surface area contributed by atoms with Gasteiger partial charge in [-0.25, -0.2) is 4.39 Å². The Morgan fingerprint density at radius 3 is 2.78 bits per heavy atom. The number of rotatable bonds is 3. The first-order valence-electron chi connectivity index (χ1n) is 5.62. The molecule has 0 unspecified atom stereocenters. The van der Waals surface area contributed by atoms with Gasteiger partial charge in [-0.3, -0.25) is 4.79 Å². The van der Waals surface area contributed by atoms with Crippen LogP contribution in [0.3, 0.4) is 0 Å². The van der Waals surface area contributed by atoms with Crippen molar-refractivity contribution in [1.82, 2.24) is 4.90 Å². The van der Waals surface area contributed by atoms with Crippen LogP contribution >= 0.6 is 11.3 Å². The summed E-state index contributed by atoms with van der Waals surface area (Å²) in [6, 6.07) is 8.56. The van der Waals surface area contributed by atoms with Crippen molar-refractivity contribution in [3.05, 3.63) is 57.5 Å². The molecule has 0 aliphatic rings. The number of nitrogens with zero attached hydrogens (tertiary/aromatic N) is 1. The molecule has 1 heterocycles. The fourth-order valence-electron chi connectivity index (χ4n) is 1.71. The molecule has 1 aromatic carbocycles. The summed E-state index contributed by atoms with van der Waals surface area (Å²) in [5.74, 6) is -0.751. The molecule has 0 atom stereocenters. The molecular formula is C14H14FNOS. The van der Waals surface area contributed by atoms with E-state index in [9.17, 15) is 9.18 Å². The summed E-state index contributed by atoms with van der Waals surface area (Å²) in [4.78, 5) is 14.7. The molecule has 1 aromatic heterocycles. The van der Waals surface area contributed by atoms with Crippen molar-refractivity contribution in [3.63, 3.8) is 0 Å². The van der Waals surface area contributed by atoms with Gasteiger partial charge < -0.3 is 4.90 Å². The molecule has 0 fully saturated rings. The van der Waals surface area contributed by atoms with Gasteiger partial charge in [0.2, 0.25) is 0 Å². The lowest BCUT2D eigenvalue weighted by atomic mass is 10.1. The van der Waals surface area contributed by atoms with Gasteiger partial charge in [0, 0.05) is 11.9 Å². The van der Waals surface area contributed by atoms with Crippen LogP contribution in [0, 0.1) is 12.7 Å². The van der Waals surface area contributed by atoms with Crippen molar-refractivity contribution in [2.45, 2.75) is 13.5 Å². The van der Waals surface area contributed by atoms with E-state index >= 15 is 0 Å². The van der Waals surface area contributed by atoms with E-state index < -0.39 is 5.82 Å². The smallest absolute Gasteiger partial charge is 0.256 e. The maximum atomic E-state index is 13.7. The van der Waals surface area contributed by atoms with Crippen LogP contribution in [-0.2, 0) is 6.54 Å². The standard InChI is InChI=1S/C14H14FNOS/c1-10-5-6-12(13(15)8-10)14(17)16(2)9-11-4-3-7-18-11/h3-8H,9H2,1-2H3. The fraction of sp³-hybridized carbons (Fsp3) is 0.214. The van der Waals surface area contributed by atoms with Crippen molar-refractivity contribution >= 4 is 17.2 Å². The molecule has 0 N–H and O–H groups in total. The highest BCUT2D eigenvalue weighted by Crippen LogP contribution is 2.15. The van der Waals surface area contributed by atoms with E-state index in [1.54, 1.807) is 31.4 Å². The van der Waals surface area contributed by atoms with Crippen molar-refractivity contribution in [2.24, 2.45) is 0 Å². The van der Waals surface area contributed by atoms with E-state index in [4.69, 9.17) is 0 Å². The molecule has 4 heteroatoms. The van der Waals surface area contributed by atoms with Gasteiger partial charge in [-0.2, -0.15) is 0 Å². The van der Waals surface area contributed by atoms with Gasteiger partial charge in [-0.05, 0) is 36.1 Å². The van der Waals surface area contributed by atoms with Crippen molar-refractivity contribution in [2.75, 3.05) is 7.05 Å². The second kappa shape index (κ2) is 5.31. The summed E-state index contributed by atoms with van der Waals surface area (Å²) < 4.78 is 13.7.